The van der Waals surface area contributed by atoms with Crippen LogP contribution in [0.3, 0.4) is 0 Å². The average Bonchev–Trinajstić information content (AvgIpc) is 2.05. The second kappa shape index (κ2) is 6.20. The van der Waals surface area contributed by atoms with Gasteiger partial charge in [-0.15, -0.1) is 0 Å². The predicted molar refractivity (Wildman–Crippen MR) is 45.3 cm³/mol. The van der Waals surface area contributed by atoms with Crippen LogP contribution in [-0.2, 0) is 9.53 Å². The van der Waals surface area contributed by atoms with E-state index in [4.69, 9.17) is 0 Å². The molecule has 0 unspecified atom stereocenters. The van der Waals surface area contributed by atoms with Crippen LogP contribution in [0.15, 0.2) is 0 Å². The van der Waals surface area contributed by atoms with Crippen molar-refractivity contribution in [3.05, 3.63) is 0 Å². The van der Waals surface area contributed by atoms with Crippen LogP contribution in [-0.4, -0.2) is 13.1 Å². The van der Waals surface area contributed by atoms with Crippen LogP contribution in [0, 0.1) is 5.92 Å². The summed E-state index contributed by atoms with van der Waals surface area (Å²) in [4.78, 5) is 11.0. The molecule has 0 saturated heterocycles. The van der Waals surface area contributed by atoms with Crippen molar-refractivity contribution in [2.24, 2.45) is 5.92 Å². The molecule has 11 heavy (non-hydrogen) atoms. The Morgan fingerprint density at radius 2 is 2.09 bits per heavy atom. The van der Waals surface area contributed by atoms with Gasteiger partial charge in [-0.3, -0.25) is 4.79 Å². The van der Waals surface area contributed by atoms with Crippen molar-refractivity contribution in [1.29, 1.82) is 0 Å². The van der Waals surface area contributed by atoms with E-state index in [1.54, 1.807) is 0 Å². The molecule has 0 spiro atoms. The molecule has 0 aliphatic carbocycles. The first kappa shape index (κ1) is 10.5. The molecule has 0 fully saturated rings. The van der Waals surface area contributed by atoms with Crippen molar-refractivity contribution >= 4 is 5.97 Å². The zero-order chi connectivity index (χ0) is 8.69. The fourth-order valence-electron chi connectivity index (χ4n) is 1.11. The van der Waals surface area contributed by atoms with Crippen LogP contribution < -0.4 is 0 Å². The van der Waals surface area contributed by atoms with E-state index < -0.39 is 0 Å². The zero-order valence-corrected chi connectivity index (χ0v) is 7.72. The lowest BCUT2D eigenvalue weighted by Crippen LogP contribution is -2.14. The Morgan fingerprint density at radius 3 is 2.45 bits per heavy atom. The highest BCUT2D eigenvalue weighted by Crippen LogP contribution is 2.13. The highest BCUT2D eigenvalue weighted by atomic mass is 16.5. The lowest BCUT2D eigenvalue weighted by molar-refractivity contribution is -0.145. The van der Waals surface area contributed by atoms with E-state index in [-0.39, 0.29) is 11.9 Å². The molecule has 2 nitrogen and oxygen atoms in total. The molecule has 0 bridgehead atoms. The largest absolute Gasteiger partial charge is 0.469 e. The van der Waals surface area contributed by atoms with Crippen molar-refractivity contribution in [3.63, 3.8) is 0 Å². The van der Waals surface area contributed by atoms with Gasteiger partial charge in [-0.1, -0.05) is 26.7 Å². The summed E-state index contributed by atoms with van der Waals surface area (Å²) in [5.41, 5.74) is 0. The van der Waals surface area contributed by atoms with E-state index in [2.05, 4.69) is 11.7 Å². The van der Waals surface area contributed by atoms with Crippen LogP contribution in [0.4, 0.5) is 0 Å². The van der Waals surface area contributed by atoms with Gasteiger partial charge in [0.2, 0.25) is 0 Å². The number of carbonyl (C=O) groups excluding carboxylic acids is 1. The minimum absolute atomic E-state index is 0.0547. The van der Waals surface area contributed by atoms with Crippen LogP contribution in [0.25, 0.3) is 0 Å². The molecule has 0 aromatic carbocycles. The summed E-state index contributed by atoms with van der Waals surface area (Å²) >= 11 is 0. The van der Waals surface area contributed by atoms with Crippen molar-refractivity contribution in [2.45, 2.75) is 39.5 Å². The normalized spacial score (nSPS) is 12.6. The Hall–Kier alpha value is -0.530. The number of esters is 1. The Kier molecular flexibility index (Phi) is 5.90. The molecule has 0 aromatic heterocycles. The third-order valence-corrected chi connectivity index (χ3v) is 1.93. The maximum atomic E-state index is 11.0. The van der Waals surface area contributed by atoms with E-state index in [1.165, 1.54) is 7.11 Å². The van der Waals surface area contributed by atoms with Gasteiger partial charge in [0.25, 0.3) is 0 Å². The number of carbonyl (C=O) groups is 1. The molecule has 0 heterocycles. The predicted octanol–water partition coefficient (Wildman–Crippen LogP) is 2.38. The fourth-order valence-corrected chi connectivity index (χ4v) is 1.11. The Labute approximate surface area is 68.9 Å². The molecule has 0 amide bonds. The molecule has 0 aliphatic heterocycles. The lowest BCUT2D eigenvalue weighted by atomic mass is 10.00. The van der Waals surface area contributed by atoms with E-state index >= 15 is 0 Å². The standard InChI is InChI=1S/C9H18O2/c1-4-6-7-8(5-2)9(10)11-3/h8H,4-7H2,1-3H3/t8-/m1/s1. The summed E-state index contributed by atoms with van der Waals surface area (Å²) in [6.07, 6.45) is 4.13. The molecule has 1 atom stereocenters. The quantitative estimate of drug-likeness (QED) is 0.574. The molecule has 0 radical (unpaired) electrons. The monoisotopic (exact) mass is 158 g/mol. The molecule has 0 saturated carbocycles. The Balaban J connectivity index is 3.65. The number of ether oxygens (including phenoxy) is 1. The van der Waals surface area contributed by atoms with Gasteiger partial charge in [-0.2, -0.15) is 0 Å². The number of rotatable bonds is 5. The second-order valence-electron chi connectivity index (χ2n) is 2.77. The molecule has 0 aliphatic rings. The van der Waals surface area contributed by atoms with Gasteiger partial charge in [0.15, 0.2) is 0 Å². The maximum Gasteiger partial charge on any atom is 0.308 e. The average molecular weight is 158 g/mol. The molecule has 0 N–H and O–H groups in total. The van der Waals surface area contributed by atoms with Gasteiger partial charge < -0.3 is 4.74 Å². The molecule has 2 heteroatoms. The first-order valence-corrected chi connectivity index (χ1v) is 4.34. The minimum Gasteiger partial charge on any atom is -0.469 e. The van der Waals surface area contributed by atoms with Crippen molar-refractivity contribution in [3.8, 4) is 0 Å². The van der Waals surface area contributed by atoms with Gasteiger partial charge in [-0.25, -0.2) is 0 Å². The molecule has 0 rings (SSSR count). The first-order valence-electron chi connectivity index (χ1n) is 4.34. The van der Waals surface area contributed by atoms with Gasteiger partial charge in [0.1, 0.15) is 0 Å². The second-order valence-corrected chi connectivity index (χ2v) is 2.77. The Bertz CT molecular complexity index is 110. The van der Waals surface area contributed by atoms with E-state index in [9.17, 15) is 4.79 Å². The van der Waals surface area contributed by atoms with E-state index in [1.807, 2.05) is 6.92 Å². The smallest absolute Gasteiger partial charge is 0.308 e. The van der Waals surface area contributed by atoms with Crippen LogP contribution in [0.1, 0.15) is 39.5 Å². The summed E-state index contributed by atoms with van der Waals surface area (Å²) in [5, 5.41) is 0. The molecular formula is C9H18O2. The fraction of sp³-hybridized carbons (Fsp3) is 0.889. The minimum atomic E-state index is -0.0547. The number of hydrogen-bond donors (Lipinski definition) is 0. The molecule has 66 valence electrons. The van der Waals surface area contributed by atoms with Gasteiger partial charge in [0, 0.05) is 0 Å². The van der Waals surface area contributed by atoms with E-state index in [0.717, 1.165) is 25.7 Å². The van der Waals surface area contributed by atoms with Crippen molar-refractivity contribution in [2.75, 3.05) is 7.11 Å². The first-order chi connectivity index (χ1) is 5.26. The number of hydrogen-bond acceptors (Lipinski definition) is 2. The van der Waals surface area contributed by atoms with Gasteiger partial charge >= 0.3 is 5.97 Å². The number of unbranched alkanes of at least 4 members (excludes halogenated alkanes) is 1. The topological polar surface area (TPSA) is 26.3 Å². The summed E-state index contributed by atoms with van der Waals surface area (Å²) in [5.74, 6) is 0.0703. The maximum absolute atomic E-state index is 11.0. The van der Waals surface area contributed by atoms with Crippen LogP contribution >= 0.6 is 0 Å². The number of methoxy groups -OCH3 is 1. The molecular weight excluding hydrogens is 140 g/mol. The molecule has 0 aromatic rings. The summed E-state index contributed by atoms with van der Waals surface area (Å²) in [7, 11) is 1.46. The van der Waals surface area contributed by atoms with E-state index in [0.29, 0.717) is 0 Å². The lowest BCUT2D eigenvalue weighted by Gasteiger charge is -2.10. The summed E-state index contributed by atoms with van der Waals surface area (Å²) in [6.45, 7) is 4.15. The third-order valence-electron chi connectivity index (χ3n) is 1.93. The SMILES string of the molecule is CCCC[C@@H](CC)C(=O)OC. The van der Waals surface area contributed by atoms with Crippen molar-refractivity contribution < 1.29 is 9.53 Å². The zero-order valence-electron chi connectivity index (χ0n) is 7.72. The van der Waals surface area contributed by atoms with Crippen LogP contribution in [0.5, 0.6) is 0 Å². The Morgan fingerprint density at radius 1 is 1.45 bits per heavy atom. The van der Waals surface area contributed by atoms with Crippen LogP contribution in [0.2, 0.25) is 0 Å². The third kappa shape index (κ3) is 4.02. The summed E-state index contributed by atoms with van der Waals surface area (Å²) in [6, 6.07) is 0. The highest BCUT2D eigenvalue weighted by molar-refractivity contribution is 5.72. The van der Waals surface area contributed by atoms with Gasteiger partial charge in [0.05, 0.1) is 13.0 Å². The highest BCUT2D eigenvalue weighted by Gasteiger charge is 2.15. The summed E-state index contributed by atoms with van der Waals surface area (Å²) < 4.78 is 4.66. The van der Waals surface area contributed by atoms with Gasteiger partial charge in [-0.05, 0) is 12.8 Å². The van der Waals surface area contributed by atoms with Crippen molar-refractivity contribution in [1.82, 2.24) is 0 Å².